The topological polar surface area (TPSA) is 159 Å². The van der Waals surface area contributed by atoms with Crippen molar-refractivity contribution >= 4 is 28.8 Å². The zero-order chi connectivity index (χ0) is 20.0. The highest BCUT2D eigenvalue weighted by Crippen LogP contribution is 2.09. The van der Waals surface area contributed by atoms with Crippen LogP contribution in [0.2, 0.25) is 0 Å². The van der Waals surface area contributed by atoms with Gasteiger partial charge < -0.3 is 26.3 Å². The molecule has 2 atom stereocenters. The van der Waals surface area contributed by atoms with E-state index in [2.05, 4.69) is 15.6 Å². The number of carbonyl (C=O) groups is 3. The monoisotopic (exact) mass is 374 g/mol. The summed E-state index contributed by atoms with van der Waals surface area (Å²) in [6.07, 6.45) is 1.55. The molecule has 2 aromatic rings. The van der Waals surface area contributed by atoms with Gasteiger partial charge in [0.25, 0.3) is 5.56 Å². The fourth-order valence-corrected chi connectivity index (χ4v) is 2.54. The number of carbonyl (C=O) groups excluding carboxylic acids is 3. The molecule has 2 rings (SSSR count). The Labute approximate surface area is 154 Å². The average molecular weight is 374 g/mol. The molecule has 0 bridgehead atoms. The Morgan fingerprint density at radius 2 is 2.00 bits per heavy atom. The maximum Gasteiger partial charge on any atom is 0.312 e. The zero-order valence-corrected chi connectivity index (χ0v) is 14.7. The number of nitrogens with zero attached hydrogens (tertiary/aromatic N) is 2. The largest absolute Gasteiger partial charge is 0.548 e. The summed E-state index contributed by atoms with van der Waals surface area (Å²) in [5.41, 5.74) is 5.02. The van der Waals surface area contributed by atoms with Crippen LogP contribution in [0.3, 0.4) is 0 Å². The molecule has 0 unspecified atom stereocenters. The third kappa shape index (κ3) is 5.03. The molecule has 3 amide bonds. The normalized spacial score (nSPS) is 12.9. The number of urea groups is 1. The van der Waals surface area contributed by atoms with Gasteiger partial charge in [0.05, 0.1) is 29.2 Å². The number of rotatable bonds is 8. The van der Waals surface area contributed by atoms with E-state index in [1.165, 1.54) is 13.3 Å². The number of nitrogens with two attached hydrogens (primary N) is 1. The number of fused-ring (bicyclic) bond motifs is 1. The first-order valence-corrected chi connectivity index (χ1v) is 8.31. The number of carboxylic acids is 1. The van der Waals surface area contributed by atoms with E-state index >= 15 is 0 Å². The third-order valence-corrected chi connectivity index (χ3v) is 4.06. The standard InChI is InChI=1S/C17H21N5O5/c1-10(22-9-20-12-6-3-2-5-11(12)15(22)24)14(23)21-13(16(25)26)7-4-8-19-17(18)27/h2-3,5-6,9-10,13H,4,7-8H2,1H3,(H,21,23)(H,25,26)(H3,18,19,27)/p-1/t10-,13-/m0/s1. The van der Waals surface area contributed by atoms with Crippen molar-refractivity contribution in [2.45, 2.75) is 31.8 Å². The SMILES string of the molecule is C[C@@H](C(=O)N[C@@H](CCCNC(N)=O)C(=O)[O-])n1cnc2ccccc2c1=O. The van der Waals surface area contributed by atoms with Crippen molar-refractivity contribution < 1.29 is 19.5 Å². The van der Waals surface area contributed by atoms with Crippen molar-refractivity contribution in [3.05, 3.63) is 40.9 Å². The molecule has 10 heteroatoms. The van der Waals surface area contributed by atoms with Gasteiger partial charge in [0, 0.05) is 6.54 Å². The van der Waals surface area contributed by atoms with Crippen LogP contribution in [0.1, 0.15) is 25.8 Å². The maximum absolute atomic E-state index is 12.5. The average Bonchev–Trinajstić information content (AvgIpc) is 2.63. The molecule has 4 N–H and O–H groups in total. The Morgan fingerprint density at radius 3 is 2.67 bits per heavy atom. The minimum absolute atomic E-state index is 0.0337. The van der Waals surface area contributed by atoms with Gasteiger partial charge in [-0.25, -0.2) is 9.78 Å². The molecule has 0 fully saturated rings. The molecular weight excluding hydrogens is 354 g/mol. The predicted octanol–water partition coefficient (Wildman–Crippen LogP) is -1.36. The molecule has 144 valence electrons. The summed E-state index contributed by atoms with van der Waals surface area (Å²) in [5, 5.41) is 16.3. The van der Waals surface area contributed by atoms with Gasteiger partial charge in [-0.2, -0.15) is 0 Å². The summed E-state index contributed by atoms with van der Waals surface area (Å²) in [7, 11) is 0. The van der Waals surface area contributed by atoms with E-state index in [-0.39, 0.29) is 19.4 Å². The fraction of sp³-hybridized carbons (Fsp3) is 0.353. The summed E-state index contributed by atoms with van der Waals surface area (Å²) >= 11 is 0. The summed E-state index contributed by atoms with van der Waals surface area (Å²) in [5.74, 6) is -2.12. The fourth-order valence-electron chi connectivity index (χ4n) is 2.54. The van der Waals surface area contributed by atoms with E-state index in [1.54, 1.807) is 24.3 Å². The van der Waals surface area contributed by atoms with Gasteiger partial charge in [-0.05, 0) is 31.9 Å². The van der Waals surface area contributed by atoms with E-state index in [0.717, 1.165) is 4.57 Å². The van der Waals surface area contributed by atoms with Crippen LogP contribution in [0.15, 0.2) is 35.4 Å². The predicted molar refractivity (Wildman–Crippen MR) is 94.5 cm³/mol. The van der Waals surface area contributed by atoms with Gasteiger partial charge in [-0.15, -0.1) is 0 Å². The highest BCUT2D eigenvalue weighted by Gasteiger charge is 2.21. The second kappa shape index (κ2) is 8.79. The first-order chi connectivity index (χ1) is 12.8. The van der Waals surface area contributed by atoms with Crippen LogP contribution in [0.5, 0.6) is 0 Å². The third-order valence-electron chi connectivity index (χ3n) is 4.06. The number of aromatic nitrogens is 2. The lowest BCUT2D eigenvalue weighted by Crippen LogP contribution is -2.50. The van der Waals surface area contributed by atoms with Crippen LogP contribution in [-0.4, -0.2) is 40.0 Å². The first-order valence-electron chi connectivity index (χ1n) is 8.31. The van der Waals surface area contributed by atoms with Crippen molar-refractivity contribution in [2.75, 3.05) is 6.54 Å². The summed E-state index contributed by atoms with van der Waals surface area (Å²) in [4.78, 5) is 50.9. The lowest BCUT2D eigenvalue weighted by atomic mass is 10.1. The van der Waals surface area contributed by atoms with E-state index in [0.29, 0.717) is 10.9 Å². The lowest BCUT2D eigenvalue weighted by Gasteiger charge is -2.22. The number of benzene rings is 1. The van der Waals surface area contributed by atoms with Crippen LogP contribution >= 0.6 is 0 Å². The van der Waals surface area contributed by atoms with Gasteiger partial charge in [0.15, 0.2) is 0 Å². The van der Waals surface area contributed by atoms with Crippen molar-refractivity contribution in [1.29, 1.82) is 0 Å². The highest BCUT2D eigenvalue weighted by molar-refractivity contribution is 5.85. The molecule has 1 aromatic carbocycles. The Balaban J connectivity index is 2.09. The summed E-state index contributed by atoms with van der Waals surface area (Å²) in [6, 6.07) is 3.75. The number of nitrogens with one attached hydrogen (secondary N) is 2. The Morgan fingerprint density at radius 1 is 1.30 bits per heavy atom. The number of para-hydroxylation sites is 1. The molecule has 27 heavy (non-hydrogen) atoms. The molecule has 0 spiro atoms. The van der Waals surface area contributed by atoms with Crippen molar-refractivity contribution in [2.24, 2.45) is 5.73 Å². The van der Waals surface area contributed by atoms with Crippen molar-refractivity contribution in [1.82, 2.24) is 20.2 Å². The maximum atomic E-state index is 12.5. The molecule has 0 aliphatic rings. The van der Waals surface area contributed by atoms with Crippen molar-refractivity contribution in [3.63, 3.8) is 0 Å². The first kappa shape index (κ1) is 19.9. The molecule has 1 heterocycles. The van der Waals surface area contributed by atoms with Gasteiger partial charge in [0.2, 0.25) is 5.91 Å². The Hall–Kier alpha value is -3.43. The van der Waals surface area contributed by atoms with E-state index in [9.17, 15) is 24.3 Å². The Kier molecular flexibility index (Phi) is 6.47. The number of hydrogen-bond donors (Lipinski definition) is 3. The second-order valence-electron chi connectivity index (χ2n) is 5.96. The number of carboxylic acid groups (broad SMARTS) is 1. The van der Waals surface area contributed by atoms with Crippen molar-refractivity contribution in [3.8, 4) is 0 Å². The number of amides is 3. The minimum Gasteiger partial charge on any atom is -0.548 e. The molecule has 0 aliphatic heterocycles. The molecule has 1 aromatic heterocycles. The van der Waals surface area contributed by atoms with Crippen LogP contribution in [0.25, 0.3) is 10.9 Å². The van der Waals surface area contributed by atoms with Gasteiger partial charge >= 0.3 is 6.03 Å². The molecule has 0 saturated carbocycles. The highest BCUT2D eigenvalue weighted by atomic mass is 16.4. The lowest BCUT2D eigenvalue weighted by molar-refractivity contribution is -0.308. The molecular formula is C17H20N5O5-. The van der Waals surface area contributed by atoms with Crippen LogP contribution in [0, 0.1) is 0 Å². The Bertz CT molecular complexity index is 910. The molecule has 0 saturated heterocycles. The van der Waals surface area contributed by atoms with Crippen LogP contribution < -0.4 is 27.0 Å². The van der Waals surface area contributed by atoms with E-state index in [4.69, 9.17) is 5.73 Å². The number of aliphatic carboxylic acids is 1. The smallest absolute Gasteiger partial charge is 0.312 e. The van der Waals surface area contributed by atoms with Gasteiger partial charge in [-0.3, -0.25) is 14.2 Å². The number of primary amides is 1. The summed E-state index contributed by atoms with van der Waals surface area (Å²) in [6.45, 7) is 1.63. The second-order valence-corrected chi connectivity index (χ2v) is 5.96. The zero-order valence-electron chi connectivity index (χ0n) is 14.7. The molecule has 10 nitrogen and oxygen atoms in total. The minimum atomic E-state index is -1.46. The van der Waals surface area contributed by atoms with Crippen LogP contribution in [0.4, 0.5) is 4.79 Å². The van der Waals surface area contributed by atoms with Crippen LogP contribution in [-0.2, 0) is 9.59 Å². The van der Waals surface area contributed by atoms with E-state index in [1.807, 2.05) is 0 Å². The number of hydrogen-bond acceptors (Lipinski definition) is 6. The summed E-state index contributed by atoms with van der Waals surface area (Å²) < 4.78 is 1.14. The van der Waals surface area contributed by atoms with Gasteiger partial charge in [0.1, 0.15) is 6.04 Å². The molecule has 0 radical (unpaired) electrons. The van der Waals surface area contributed by atoms with Gasteiger partial charge in [-0.1, -0.05) is 12.1 Å². The quantitative estimate of drug-likeness (QED) is 0.484. The molecule has 0 aliphatic carbocycles. The van der Waals surface area contributed by atoms with E-state index < -0.39 is 35.6 Å².